The maximum atomic E-state index is 14.0. The van der Waals surface area contributed by atoms with E-state index in [4.69, 9.17) is 5.73 Å². The molecule has 37 heavy (non-hydrogen) atoms. The first-order valence-corrected chi connectivity index (χ1v) is 10.9. The van der Waals surface area contributed by atoms with Crippen molar-refractivity contribution in [1.29, 1.82) is 0 Å². The van der Waals surface area contributed by atoms with E-state index in [-0.39, 0.29) is 39.7 Å². The van der Waals surface area contributed by atoms with Gasteiger partial charge < -0.3 is 11.1 Å². The second-order valence-corrected chi connectivity index (χ2v) is 8.65. The van der Waals surface area contributed by atoms with Crippen molar-refractivity contribution in [2.24, 2.45) is 0 Å². The molecule has 1 unspecified atom stereocenters. The molecule has 3 aromatic heterocycles. The molecular weight excluding hydrogens is 504 g/mol. The number of amides is 1. The van der Waals surface area contributed by atoms with E-state index in [0.29, 0.717) is 5.69 Å². The summed E-state index contributed by atoms with van der Waals surface area (Å²) in [6.07, 6.45) is -6.64. The van der Waals surface area contributed by atoms with E-state index in [1.807, 2.05) is 0 Å². The molecular formula is C23H17F6N7O. The third-order valence-electron chi connectivity index (χ3n) is 6.29. The number of anilines is 2. The summed E-state index contributed by atoms with van der Waals surface area (Å²) in [5.41, 5.74) is 5.48. The highest BCUT2D eigenvalue weighted by Crippen LogP contribution is 2.44. The summed E-state index contributed by atoms with van der Waals surface area (Å²) in [5, 5.41) is 6.74. The number of halogens is 6. The molecule has 1 aromatic carbocycles. The molecule has 14 heteroatoms. The number of nitrogens with zero attached hydrogens (tertiary/aromatic N) is 5. The van der Waals surface area contributed by atoms with Crippen LogP contribution in [0.2, 0.25) is 0 Å². The molecule has 192 valence electrons. The number of alkyl halides is 5. The minimum Gasteiger partial charge on any atom is -0.383 e. The summed E-state index contributed by atoms with van der Waals surface area (Å²) in [5.74, 6) is -6.44. The average Bonchev–Trinajstić information content (AvgIpc) is 3.32. The molecule has 4 heterocycles. The Morgan fingerprint density at radius 2 is 1.86 bits per heavy atom. The molecule has 0 saturated carbocycles. The van der Waals surface area contributed by atoms with Gasteiger partial charge in [0.25, 0.3) is 5.95 Å². The van der Waals surface area contributed by atoms with Crippen molar-refractivity contribution in [3.8, 4) is 5.95 Å². The Kier molecular flexibility index (Phi) is 5.39. The SMILES string of the molecule is CC1(c2ccccn2)C(=O)Nc2nc(-n3nc(CCC(F)(F)C(F)(F)F)c4cc(F)ccc43)nc(N)c21. The molecule has 1 atom stereocenters. The van der Waals surface area contributed by atoms with Crippen LogP contribution in [0.15, 0.2) is 42.6 Å². The minimum absolute atomic E-state index is 0.00278. The molecule has 0 bridgehead atoms. The molecule has 0 fully saturated rings. The summed E-state index contributed by atoms with van der Waals surface area (Å²) in [7, 11) is 0. The second-order valence-electron chi connectivity index (χ2n) is 8.65. The molecule has 4 aromatic rings. The van der Waals surface area contributed by atoms with Crippen LogP contribution in [-0.2, 0) is 16.6 Å². The summed E-state index contributed by atoms with van der Waals surface area (Å²) < 4.78 is 80.1. The van der Waals surface area contributed by atoms with Crippen molar-refractivity contribution in [3.63, 3.8) is 0 Å². The van der Waals surface area contributed by atoms with Gasteiger partial charge in [0.05, 0.1) is 22.5 Å². The number of nitrogens with two attached hydrogens (primary N) is 1. The zero-order valence-electron chi connectivity index (χ0n) is 18.9. The average molecular weight is 521 g/mol. The Hall–Kier alpha value is -4.23. The lowest BCUT2D eigenvalue weighted by molar-refractivity contribution is -0.284. The quantitative estimate of drug-likeness (QED) is 0.379. The lowest BCUT2D eigenvalue weighted by Crippen LogP contribution is -2.36. The van der Waals surface area contributed by atoms with Crippen LogP contribution >= 0.6 is 0 Å². The summed E-state index contributed by atoms with van der Waals surface area (Å²) in [6, 6.07) is 8.30. The number of aryl methyl sites for hydroxylation is 1. The number of carbonyl (C=O) groups excluding carboxylic acids is 1. The zero-order chi connectivity index (χ0) is 26.8. The zero-order valence-corrected chi connectivity index (χ0v) is 18.9. The standard InChI is InChI=1S/C23H17F6N7O/c1-21(15-4-2-3-9-31-15)16-17(30)32-20(34-18(16)33-19(21)37)36-14-6-5-11(24)10-12(14)13(35-36)7-8-22(25,26)23(27,28)29/h2-6,9-10H,7-8H2,1H3,(H3,30,32,33,34,37). The predicted molar refractivity (Wildman–Crippen MR) is 120 cm³/mol. The summed E-state index contributed by atoms with van der Waals surface area (Å²) in [4.78, 5) is 25.8. The molecule has 1 aliphatic rings. The van der Waals surface area contributed by atoms with E-state index in [1.165, 1.54) is 12.3 Å². The van der Waals surface area contributed by atoms with Crippen LogP contribution in [0.25, 0.3) is 16.9 Å². The molecule has 0 spiro atoms. The number of fused-ring (bicyclic) bond motifs is 2. The van der Waals surface area contributed by atoms with Crippen LogP contribution in [0.5, 0.6) is 0 Å². The van der Waals surface area contributed by atoms with Gasteiger partial charge >= 0.3 is 12.1 Å². The summed E-state index contributed by atoms with van der Waals surface area (Å²) in [6.45, 7) is 1.60. The van der Waals surface area contributed by atoms with Crippen LogP contribution in [0.3, 0.4) is 0 Å². The first-order valence-electron chi connectivity index (χ1n) is 10.9. The number of hydrogen-bond donors (Lipinski definition) is 2. The van der Waals surface area contributed by atoms with Crippen LogP contribution < -0.4 is 11.1 Å². The minimum atomic E-state index is -5.74. The fraction of sp³-hybridized carbons (Fsp3) is 0.261. The number of carbonyl (C=O) groups is 1. The third kappa shape index (κ3) is 3.83. The number of hydrogen-bond acceptors (Lipinski definition) is 6. The molecule has 1 aliphatic heterocycles. The fourth-order valence-corrected chi connectivity index (χ4v) is 4.30. The van der Waals surface area contributed by atoms with Gasteiger partial charge in [0.1, 0.15) is 22.9 Å². The Morgan fingerprint density at radius 1 is 1.11 bits per heavy atom. The van der Waals surface area contributed by atoms with E-state index in [0.717, 1.165) is 16.8 Å². The molecule has 1 amide bonds. The summed E-state index contributed by atoms with van der Waals surface area (Å²) >= 11 is 0. The van der Waals surface area contributed by atoms with Gasteiger partial charge in [-0.15, -0.1) is 0 Å². The molecule has 8 nitrogen and oxygen atoms in total. The van der Waals surface area contributed by atoms with Crippen molar-refractivity contribution < 1.29 is 31.1 Å². The Balaban J connectivity index is 1.61. The largest absolute Gasteiger partial charge is 0.453 e. The highest BCUT2D eigenvalue weighted by atomic mass is 19.4. The lowest BCUT2D eigenvalue weighted by atomic mass is 9.81. The highest BCUT2D eigenvalue weighted by molar-refractivity contribution is 6.08. The topological polar surface area (TPSA) is 112 Å². The molecule has 0 aliphatic carbocycles. The second kappa shape index (κ2) is 8.15. The van der Waals surface area contributed by atoms with E-state index in [9.17, 15) is 31.1 Å². The van der Waals surface area contributed by atoms with Gasteiger partial charge in [0, 0.05) is 18.0 Å². The van der Waals surface area contributed by atoms with Crippen molar-refractivity contribution >= 4 is 28.4 Å². The van der Waals surface area contributed by atoms with Crippen molar-refractivity contribution in [3.05, 3.63) is 65.4 Å². The number of nitrogens with one attached hydrogen (secondary N) is 1. The number of aromatic nitrogens is 5. The van der Waals surface area contributed by atoms with Gasteiger partial charge in [-0.05, 0) is 43.7 Å². The fourth-order valence-electron chi connectivity index (χ4n) is 4.30. The van der Waals surface area contributed by atoms with Crippen molar-refractivity contribution in [2.75, 3.05) is 11.1 Å². The van der Waals surface area contributed by atoms with Gasteiger partial charge in [-0.1, -0.05) is 6.07 Å². The lowest BCUT2D eigenvalue weighted by Gasteiger charge is -2.22. The van der Waals surface area contributed by atoms with Crippen LogP contribution in [0.4, 0.5) is 38.0 Å². The Bertz CT molecular complexity index is 1540. The molecule has 0 radical (unpaired) electrons. The molecule has 0 saturated heterocycles. The maximum absolute atomic E-state index is 14.0. The van der Waals surface area contributed by atoms with Gasteiger partial charge in [-0.25, -0.2) is 4.39 Å². The van der Waals surface area contributed by atoms with E-state index >= 15 is 0 Å². The highest BCUT2D eigenvalue weighted by Gasteiger charge is 2.56. The Morgan fingerprint density at radius 3 is 2.54 bits per heavy atom. The monoisotopic (exact) mass is 521 g/mol. The molecule has 3 N–H and O–H groups in total. The van der Waals surface area contributed by atoms with Gasteiger partial charge in [0.15, 0.2) is 0 Å². The normalized spacial score (nSPS) is 17.8. The van der Waals surface area contributed by atoms with Gasteiger partial charge in [-0.2, -0.15) is 41.7 Å². The number of nitrogen functional groups attached to an aromatic ring is 1. The van der Waals surface area contributed by atoms with E-state index < -0.39 is 42.1 Å². The number of rotatable bonds is 5. The number of pyridine rings is 1. The van der Waals surface area contributed by atoms with Crippen LogP contribution in [0.1, 0.15) is 30.3 Å². The van der Waals surface area contributed by atoms with E-state index in [1.54, 1.807) is 25.1 Å². The predicted octanol–water partition coefficient (Wildman–Crippen LogP) is 4.32. The smallest absolute Gasteiger partial charge is 0.383 e. The third-order valence-corrected chi connectivity index (χ3v) is 6.29. The van der Waals surface area contributed by atoms with Crippen LogP contribution in [-0.4, -0.2) is 42.7 Å². The van der Waals surface area contributed by atoms with Crippen molar-refractivity contribution in [1.82, 2.24) is 24.7 Å². The number of benzene rings is 1. The Labute approximate surface area is 204 Å². The first kappa shape index (κ1) is 24.5. The first-order chi connectivity index (χ1) is 17.3. The maximum Gasteiger partial charge on any atom is 0.453 e. The van der Waals surface area contributed by atoms with E-state index in [2.05, 4.69) is 25.4 Å². The van der Waals surface area contributed by atoms with Crippen molar-refractivity contribution in [2.45, 2.75) is 37.3 Å². The van der Waals surface area contributed by atoms with Crippen LogP contribution in [0, 0.1) is 5.82 Å². The molecule has 5 rings (SSSR count). The van der Waals surface area contributed by atoms with Gasteiger partial charge in [0.2, 0.25) is 5.91 Å². The van der Waals surface area contributed by atoms with Gasteiger partial charge in [-0.3, -0.25) is 9.78 Å².